The first-order valence-corrected chi connectivity index (χ1v) is 24.1. The first-order chi connectivity index (χ1) is 29.3. The van der Waals surface area contributed by atoms with Crippen LogP contribution in [0.15, 0.2) is 60.8 Å². The Kier molecular flexibility index (Phi) is 32.6. The Bertz CT molecular complexity index is 1380. The van der Waals surface area contributed by atoms with Gasteiger partial charge in [0.2, 0.25) is 0 Å². The Morgan fingerprint density at radius 1 is 0.721 bits per heavy atom. The number of aliphatic carboxylic acids is 1. The van der Waals surface area contributed by atoms with Crippen LogP contribution in [0.5, 0.6) is 0 Å². The number of carbonyl (C=O) groups is 3. The summed E-state index contributed by atoms with van der Waals surface area (Å²) in [6.07, 6.45) is 33.9. The number of carboxylic acid groups (broad SMARTS) is 1. The smallest absolute Gasteiger partial charge is 0.472 e. The fourth-order valence-corrected chi connectivity index (χ4v) is 7.44. The summed E-state index contributed by atoms with van der Waals surface area (Å²) in [6.45, 7) is 2.39. The van der Waals surface area contributed by atoms with Gasteiger partial charge in [0, 0.05) is 25.2 Å². The molecule has 7 N–H and O–H groups in total. The van der Waals surface area contributed by atoms with Crippen LogP contribution in [0.3, 0.4) is 0 Å². The molecule has 0 aromatic rings. The number of phosphoric acid groups is 1. The molecule has 8 atom stereocenters. The fraction of sp³-hybridized carbons (Fsp3) is 0.717. The summed E-state index contributed by atoms with van der Waals surface area (Å²) in [6, 6.07) is -1.57. The van der Waals surface area contributed by atoms with Gasteiger partial charge in [0.25, 0.3) is 0 Å². The molecule has 61 heavy (non-hydrogen) atoms. The van der Waals surface area contributed by atoms with Crippen molar-refractivity contribution in [3.05, 3.63) is 60.8 Å². The molecule has 1 saturated carbocycles. The number of ether oxygens (including phenoxy) is 2. The van der Waals surface area contributed by atoms with Crippen LogP contribution in [0.25, 0.3) is 0 Å². The Hall–Kier alpha value is -2.94. The van der Waals surface area contributed by atoms with Gasteiger partial charge < -0.3 is 40.5 Å². The lowest BCUT2D eigenvalue weighted by atomic mass is 9.89. The highest BCUT2D eigenvalue weighted by Crippen LogP contribution is 2.43. The molecule has 15 heteroatoms. The summed E-state index contributed by atoms with van der Waals surface area (Å²) in [7, 11) is -4.79. The highest BCUT2D eigenvalue weighted by Gasteiger charge is 2.39. The standard InChI is InChI=1S/C46H78NO13P/c1-3-5-7-8-9-10-11-12-13-14-15-16-17-18-19-20-26-30-45(52)60-38(35-58-61(55,56)59-36-41(47)46(53)54)34-57-44(51)29-25-22-21-24-28-39-40(43(50)33-42(39)49)32-31-37(48)27-23-6-4-2/h12-13,15-16,18-19,21,24,31-32,37-43,48-50H,3-11,14,17,20,22-23,25-30,33-36,47H2,1-2H3,(H,53,54)(H,55,56)/b13-12-,16-15-,19-18-,24-21+,32-31+/t37-,38+,39+,40+,41-,42-,43+/m0/s1. The molecule has 1 aliphatic carbocycles. The molecule has 0 saturated heterocycles. The number of carboxylic acids is 1. The van der Waals surface area contributed by atoms with Gasteiger partial charge in [-0.3, -0.25) is 23.4 Å². The lowest BCUT2D eigenvalue weighted by Gasteiger charge is -2.20. The van der Waals surface area contributed by atoms with E-state index >= 15 is 0 Å². The van der Waals surface area contributed by atoms with E-state index < -0.39 is 76.0 Å². The van der Waals surface area contributed by atoms with Crippen LogP contribution < -0.4 is 5.73 Å². The van der Waals surface area contributed by atoms with E-state index in [1.54, 1.807) is 6.08 Å². The second-order valence-corrected chi connectivity index (χ2v) is 17.2. The van der Waals surface area contributed by atoms with Crippen molar-refractivity contribution in [3.63, 3.8) is 0 Å². The number of nitrogens with two attached hydrogens (primary N) is 1. The number of phosphoric ester groups is 1. The normalized spacial score (nSPS) is 20.9. The zero-order chi connectivity index (χ0) is 45.1. The van der Waals surface area contributed by atoms with Gasteiger partial charge in [0.1, 0.15) is 12.6 Å². The summed E-state index contributed by atoms with van der Waals surface area (Å²) in [5.74, 6) is -3.14. The highest BCUT2D eigenvalue weighted by atomic mass is 31.2. The van der Waals surface area contributed by atoms with E-state index in [-0.39, 0.29) is 31.1 Å². The van der Waals surface area contributed by atoms with Gasteiger partial charge >= 0.3 is 25.7 Å². The molecule has 350 valence electrons. The zero-order valence-electron chi connectivity index (χ0n) is 36.8. The van der Waals surface area contributed by atoms with E-state index in [1.165, 1.54) is 38.5 Å². The number of unbranched alkanes of at least 4 members (excludes halogenated alkanes) is 10. The van der Waals surface area contributed by atoms with Crippen LogP contribution in [0.4, 0.5) is 0 Å². The fourth-order valence-electron chi connectivity index (χ4n) is 6.66. The van der Waals surface area contributed by atoms with Crippen molar-refractivity contribution in [1.29, 1.82) is 0 Å². The van der Waals surface area contributed by atoms with Gasteiger partial charge in [-0.2, -0.15) is 0 Å². The highest BCUT2D eigenvalue weighted by molar-refractivity contribution is 7.47. The van der Waals surface area contributed by atoms with Crippen molar-refractivity contribution in [2.24, 2.45) is 17.6 Å². The number of aliphatic hydroxyl groups is 3. The van der Waals surface area contributed by atoms with E-state index in [4.69, 9.17) is 24.8 Å². The van der Waals surface area contributed by atoms with Crippen molar-refractivity contribution < 1.29 is 62.8 Å². The first kappa shape index (κ1) is 56.1. The van der Waals surface area contributed by atoms with Crippen LogP contribution in [0, 0.1) is 11.8 Å². The maximum absolute atomic E-state index is 12.7. The van der Waals surface area contributed by atoms with Crippen LogP contribution in [0.2, 0.25) is 0 Å². The van der Waals surface area contributed by atoms with E-state index in [1.807, 2.05) is 30.4 Å². The van der Waals surface area contributed by atoms with Crippen LogP contribution in [-0.4, -0.2) is 93.5 Å². The van der Waals surface area contributed by atoms with Gasteiger partial charge in [0.05, 0.1) is 31.5 Å². The molecule has 0 aliphatic heterocycles. The molecule has 1 aliphatic rings. The first-order valence-electron chi connectivity index (χ1n) is 22.6. The van der Waals surface area contributed by atoms with Crippen LogP contribution in [0.1, 0.15) is 149 Å². The largest absolute Gasteiger partial charge is 0.480 e. The number of carbonyl (C=O) groups excluding carboxylic acids is 2. The number of rotatable bonds is 37. The minimum absolute atomic E-state index is 0.0318. The molecule has 0 aromatic carbocycles. The molecule has 14 nitrogen and oxygen atoms in total. The van der Waals surface area contributed by atoms with Crippen LogP contribution >= 0.6 is 7.82 Å². The maximum atomic E-state index is 12.7. The lowest BCUT2D eigenvalue weighted by molar-refractivity contribution is -0.161. The predicted molar refractivity (Wildman–Crippen MR) is 237 cm³/mol. The average molecular weight is 884 g/mol. The molecule has 0 radical (unpaired) electrons. The Morgan fingerprint density at radius 3 is 1.93 bits per heavy atom. The van der Waals surface area contributed by atoms with Gasteiger partial charge in [0.15, 0.2) is 6.10 Å². The molecule has 0 heterocycles. The van der Waals surface area contributed by atoms with Crippen molar-refractivity contribution in [3.8, 4) is 0 Å². The van der Waals surface area contributed by atoms with Crippen molar-refractivity contribution >= 4 is 25.7 Å². The second kappa shape index (κ2) is 35.5. The number of aliphatic hydroxyl groups excluding tert-OH is 3. The summed E-state index contributed by atoms with van der Waals surface area (Å²) in [4.78, 5) is 46.2. The Morgan fingerprint density at radius 2 is 1.28 bits per heavy atom. The molecular weight excluding hydrogens is 805 g/mol. The Labute approximate surface area is 365 Å². The third-order valence-corrected chi connectivity index (χ3v) is 11.3. The summed E-state index contributed by atoms with van der Waals surface area (Å²) >= 11 is 0. The summed E-state index contributed by atoms with van der Waals surface area (Å²) in [5.41, 5.74) is 5.33. The molecular formula is C46H78NO13P. The zero-order valence-corrected chi connectivity index (χ0v) is 37.7. The van der Waals surface area contributed by atoms with Gasteiger partial charge in [-0.1, -0.05) is 126 Å². The lowest BCUT2D eigenvalue weighted by Crippen LogP contribution is -2.34. The molecule has 1 unspecified atom stereocenters. The molecule has 0 bridgehead atoms. The minimum Gasteiger partial charge on any atom is -0.480 e. The Balaban J connectivity index is 2.54. The van der Waals surface area contributed by atoms with Gasteiger partial charge in [-0.25, -0.2) is 4.57 Å². The molecule has 0 amide bonds. The van der Waals surface area contributed by atoms with E-state index in [2.05, 4.69) is 42.7 Å². The van der Waals surface area contributed by atoms with Gasteiger partial charge in [-0.05, 0) is 70.1 Å². The van der Waals surface area contributed by atoms with Crippen molar-refractivity contribution in [2.45, 2.75) is 179 Å². The molecule has 1 rings (SSSR count). The second-order valence-electron chi connectivity index (χ2n) is 15.8. The quantitative estimate of drug-likeness (QED) is 0.0149. The monoisotopic (exact) mass is 884 g/mol. The number of hydrogen-bond donors (Lipinski definition) is 6. The third kappa shape index (κ3) is 29.9. The predicted octanol–water partition coefficient (Wildman–Crippen LogP) is 8.33. The number of allylic oxidation sites excluding steroid dienone is 8. The van der Waals surface area contributed by atoms with Crippen molar-refractivity contribution in [2.75, 3.05) is 19.8 Å². The van der Waals surface area contributed by atoms with E-state index in [0.717, 1.165) is 38.5 Å². The molecule has 0 aromatic heterocycles. The maximum Gasteiger partial charge on any atom is 0.472 e. The SMILES string of the molecule is CCCCCCCC/C=C\C/C=C\C/C=C\CCCC(=O)O[C@H](COC(=O)CCC/C=C/C[C@@H]1[C@@H](/C=C/[C@@H](O)CCCCC)[C@H](O)C[C@@H]1O)COP(=O)(O)OC[C@H](N)C(=O)O. The summed E-state index contributed by atoms with van der Waals surface area (Å²) < 4.78 is 32.6. The summed E-state index contributed by atoms with van der Waals surface area (Å²) in [5, 5.41) is 40.2. The van der Waals surface area contributed by atoms with Crippen LogP contribution in [-0.2, 0) is 37.5 Å². The van der Waals surface area contributed by atoms with Crippen molar-refractivity contribution in [1.82, 2.24) is 0 Å². The average Bonchev–Trinajstić information content (AvgIpc) is 3.49. The van der Waals surface area contributed by atoms with E-state index in [9.17, 15) is 39.2 Å². The van der Waals surface area contributed by atoms with E-state index in [0.29, 0.717) is 38.5 Å². The minimum atomic E-state index is -4.79. The van der Waals surface area contributed by atoms with Gasteiger partial charge in [-0.15, -0.1) is 0 Å². The third-order valence-electron chi connectivity index (χ3n) is 10.3. The molecule has 1 fully saturated rings. The topological polar surface area (TPSA) is 232 Å². The molecule has 0 spiro atoms. The number of hydrogen-bond acceptors (Lipinski definition) is 12. The number of esters is 2.